The standard InChI is InChI=1S/C26H58NSi/c1-8-10-11-12-13-14-15-16-17-18-19-20-21-22-23-24-25-27(3,4)26(9-2)28(5,6)7/h26H,8-25H2,1-7H3/q+1. The second-order valence-corrected chi connectivity index (χ2v) is 16.5. The summed E-state index contributed by atoms with van der Waals surface area (Å²) in [6.07, 6.45) is 24.7. The van der Waals surface area contributed by atoms with Crippen molar-refractivity contribution < 1.29 is 4.48 Å². The van der Waals surface area contributed by atoms with Crippen molar-refractivity contribution in [3.63, 3.8) is 0 Å². The molecule has 0 aliphatic heterocycles. The van der Waals surface area contributed by atoms with Gasteiger partial charge < -0.3 is 4.48 Å². The molecule has 0 saturated heterocycles. The van der Waals surface area contributed by atoms with Crippen LogP contribution in [-0.2, 0) is 0 Å². The fourth-order valence-corrected chi connectivity index (χ4v) is 8.83. The molecule has 1 unspecified atom stereocenters. The third-order valence-electron chi connectivity index (χ3n) is 6.82. The van der Waals surface area contributed by atoms with Crippen molar-refractivity contribution >= 4 is 8.07 Å². The molecule has 0 N–H and O–H groups in total. The summed E-state index contributed by atoms with van der Waals surface area (Å²) in [4.78, 5) is 0. The maximum absolute atomic E-state index is 2.55. The number of hydrogen-bond acceptors (Lipinski definition) is 0. The molecular formula is C26H58NSi+. The SMILES string of the molecule is CCCCCCCCCCCCCCCCCC[N+](C)(C)C(CC)[Si](C)(C)C. The molecule has 0 aromatic carbocycles. The molecule has 0 amide bonds. The van der Waals surface area contributed by atoms with Crippen molar-refractivity contribution in [1.82, 2.24) is 0 Å². The summed E-state index contributed by atoms with van der Waals surface area (Å²) in [5.41, 5.74) is 0.906. The van der Waals surface area contributed by atoms with Crippen LogP contribution in [0, 0.1) is 0 Å². The van der Waals surface area contributed by atoms with Gasteiger partial charge in [0, 0.05) is 0 Å². The van der Waals surface area contributed by atoms with Crippen LogP contribution in [-0.4, -0.2) is 38.9 Å². The van der Waals surface area contributed by atoms with E-state index in [2.05, 4.69) is 47.6 Å². The molecule has 0 bridgehead atoms. The Morgan fingerprint density at radius 2 is 0.857 bits per heavy atom. The van der Waals surface area contributed by atoms with Crippen molar-refractivity contribution in [3.8, 4) is 0 Å². The van der Waals surface area contributed by atoms with Crippen LogP contribution in [0.5, 0.6) is 0 Å². The lowest BCUT2D eigenvalue weighted by Gasteiger charge is -2.44. The van der Waals surface area contributed by atoms with Gasteiger partial charge in [0.25, 0.3) is 0 Å². The van der Waals surface area contributed by atoms with Gasteiger partial charge in [0.15, 0.2) is 0 Å². The molecular weight excluding hydrogens is 354 g/mol. The van der Waals surface area contributed by atoms with Crippen molar-refractivity contribution in [1.29, 1.82) is 0 Å². The summed E-state index contributed by atoms with van der Waals surface area (Å²) < 4.78 is 1.25. The molecule has 0 saturated carbocycles. The topological polar surface area (TPSA) is 0 Å². The number of hydrogen-bond donors (Lipinski definition) is 0. The zero-order chi connectivity index (χ0) is 21.3. The Bertz CT molecular complexity index is 332. The lowest BCUT2D eigenvalue weighted by molar-refractivity contribution is -0.904. The van der Waals surface area contributed by atoms with E-state index < -0.39 is 8.07 Å². The normalized spacial score (nSPS) is 13.8. The zero-order valence-corrected chi connectivity index (χ0v) is 22.3. The van der Waals surface area contributed by atoms with Crippen LogP contribution in [0.3, 0.4) is 0 Å². The van der Waals surface area contributed by atoms with Gasteiger partial charge in [-0.1, -0.05) is 123 Å². The van der Waals surface area contributed by atoms with E-state index in [1.54, 1.807) is 0 Å². The van der Waals surface area contributed by atoms with Crippen LogP contribution in [0.25, 0.3) is 0 Å². The van der Waals surface area contributed by atoms with Crippen LogP contribution in [0.2, 0.25) is 19.6 Å². The summed E-state index contributed by atoms with van der Waals surface area (Å²) in [6, 6.07) is 0. The summed E-state index contributed by atoms with van der Waals surface area (Å²) in [5, 5.41) is 0. The fourth-order valence-electron chi connectivity index (χ4n) is 5.38. The van der Waals surface area contributed by atoms with Gasteiger partial charge in [0.1, 0.15) is 8.07 Å². The predicted octanol–water partition coefficient (Wildman–Crippen LogP) is 8.98. The van der Waals surface area contributed by atoms with E-state index >= 15 is 0 Å². The number of quaternary nitrogens is 1. The number of unbranched alkanes of at least 4 members (excludes halogenated alkanes) is 15. The van der Waals surface area contributed by atoms with Gasteiger partial charge in [-0.15, -0.1) is 0 Å². The van der Waals surface area contributed by atoms with Crippen LogP contribution in [0.1, 0.15) is 123 Å². The molecule has 0 aliphatic rings. The van der Waals surface area contributed by atoms with Crippen LogP contribution < -0.4 is 0 Å². The highest BCUT2D eigenvalue weighted by molar-refractivity contribution is 6.77. The van der Waals surface area contributed by atoms with Gasteiger partial charge in [-0.2, -0.15) is 0 Å². The Kier molecular flexibility index (Phi) is 17.0. The molecule has 1 nitrogen and oxygen atoms in total. The maximum Gasteiger partial charge on any atom is 0.114 e. The first-order valence-corrected chi connectivity index (χ1v) is 16.7. The minimum absolute atomic E-state index is 0.906. The first-order chi connectivity index (χ1) is 13.3. The van der Waals surface area contributed by atoms with Gasteiger partial charge in [-0.25, -0.2) is 0 Å². The van der Waals surface area contributed by atoms with E-state index in [-0.39, 0.29) is 0 Å². The summed E-state index contributed by atoms with van der Waals surface area (Å²) in [5.74, 6) is 0. The van der Waals surface area contributed by atoms with Crippen molar-refractivity contribution in [2.24, 2.45) is 0 Å². The minimum Gasteiger partial charge on any atom is -0.330 e. The summed E-state index contributed by atoms with van der Waals surface area (Å²) in [6.45, 7) is 13.7. The van der Waals surface area contributed by atoms with E-state index in [4.69, 9.17) is 0 Å². The van der Waals surface area contributed by atoms with Gasteiger partial charge >= 0.3 is 0 Å². The molecule has 28 heavy (non-hydrogen) atoms. The van der Waals surface area contributed by atoms with Crippen LogP contribution in [0.4, 0.5) is 0 Å². The van der Waals surface area contributed by atoms with E-state index in [0.717, 1.165) is 5.67 Å². The highest BCUT2D eigenvalue weighted by Crippen LogP contribution is 2.23. The van der Waals surface area contributed by atoms with E-state index in [1.807, 2.05) is 0 Å². The number of rotatable bonds is 20. The first-order valence-electron chi connectivity index (χ1n) is 13.1. The van der Waals surface area contributed by atoms with Gasteiger partial charge in [0.05, 0.1) is 26.3 Å². The lowest BCUT2D eigenvalue weighted by Crippen LogP contribution is -2.59. The molecule has 0 rings (SSSR count). The molecule has 2 heteroatoms. The van der Waals surface area contributed by atoms with E-state index in [9.17, 15) is 0 Å². The number of nitrogens with zero attached hydrogens (tertiary/aromatic N) is 1. The highest BCUT2D eigenvalue weighted by Gasteiger charge is 2.37. The zero-order valence-electron chi connectivity index (χ0n) is 21.3. The van der Waals surface area contributed by atoms with Gasteiger partial charge in [-0.3, -0.25) is 0 Å². The molecule has 0 aliphatic carbocycles. The average Bonchev–Trinajstić information content (AvgIpc) is 2.60. The summed E-state index contributed by atoms with van der Waals surface area (Å²) in [7, 11) is 3.91. The third-order valence-corrected chi connectivity index (χ3v) is 9.92. The molecule has 1 atom stereocenters. The molecule has 0 fully saturated rings. The smallest absolute Gasteiger partial charge is 0.114 e. The Balaban J connectivity index is 3.46. The van der Waals surface area contributed by atoms with Gasteiger partial charge in [0.2, 0.25) is 0 Å². The fraction of sp³-hybridized carbons (Fsp3) is 1.00. The van der Waals surface area contributed by atoms with Crippen molar-refractivity contribution in [2.45, 2.75) is 148 Å². The Morgan fingerprint density at radius 3 is 1.14 bits per heavy atom. The van der Waals surface area contributed by atoms with Gasteiger partial charge in [-0.05, 0) is 19.3 Å². The molecule has 0 spiro atoms. The maximum atomic E-state index is 2.55. The lowest BCUT2D eigenvalue weighted by atomic mass is 10.0. The van der Waals surface area contributed by atoms with E-state index in [0.29, 0.717) is 0 Å². The average molecular weight is 413 g/mol. The quantitative estimate of drug-likeness (QED) is 0.106. The monoisotopic (exact) mass is 412 g/mol. The first kappa shape index (κ1) is 28.2. The Hall–Kier alpha value is 0.177. The second kappa shape index (κ2) is 16.9. The molecule has 0 aromatic heterocycles. The highest BCUT2D eigenvalue weighted by atomic mass is 28.3. The second-order valence-electron chi connectivity index (χ2n) is 11.1. The summed E-state index contributed by atoms with van der Waals surface area (Å²) >= 11 is 0. The Morgan fingerprint density at radius 1 is 0.536 bits per heavy atom. The van der Waals surface area contributed by atoms with Crippen molar-refractivity contribution in [3.05, 3.63) is 0 Å². The molecule has 0 aromatic rings. The van der Waals surface area contributed by atoms with Crippen molar-refractivity contribution in [2.75, 3.05) is 20.6 Å². The molecule has 0 heterocycles. The van der Waals surface area contributed by atoms with Crippen LogP contribution in [0.15, 0.2) is 0 Å². The van der Waals surface area contributed by atoms with Crippen LogP contribution >= 0.6 is 0 Å². The minimum atomic E-state index is -1.06. The molecule has 0 radical (unpaired) electrons. The molecule has 170 valence electrons. The predicted molar refractivity (Wildman–Crippen MR) is 134 cm³/mol. The largest absolute Gasteiger partial charge is 0.330 e. The third kappa shape index (κ3) is 15.1. The Labute approximate surface area is 181 Å². The van der Waals surface area contributed by atoms with E-state index in [1.165, 1.54) is 120 Å².